The molecule has 0 spiro atoms. The van der Waals surface area contributed by atoms with Gasteiger partial charge in [0.25, 0.3) is 0 Å². The van der Waals surface area contributed by atoms with Gasteiger partial charge in [0.1, 0.15) is 12.1 Å². The fourth-order valence-corrected chi connectivity index (χ4v) is 10.6. The highest BCUT2D eigenvalue weighted by Gasteiger charge is 2.50. The van der Waals surface area contributed by atoms with E-state index >= 15 is 0 Å². The molecule has 1 unspecified atom stereocenters. The average molecular weight is 949 g/mol. The molecule has 2 aliphatic carbocycles. The third-order valence-electron chi connectivity index (χ3n) is 14.6. The van der Waals surface area contributed by atoms with Crippen molar-refractivity contribution in [3.63, 3.8) is 0 Å². The number of hydrogen-bond acceptors (Lipinski definition) is 8. The molecule has 68 heavy (non-hydrogen) atoms. The third-order valence-corrected chi connectivity index (χ3v) is 14.6. The van der Waals surface area contributed by atoms with Crippen molar-refractivity contribution >= 4 is 35.7 Å². The van der Waals surface area contributed by atoms with Crippen molar-refractivity contribution in [2.75, 3.05) is 75.6 Å². The summed E-state index contributed by atoms with van der Waals surface area (Å²) < 4.78 is 12.2. The second-order valence-electron chi connectivity index (χ2n) is 20.0. The van der Waals surface area contributed by atoms with Crippen molar-refractivity contribution in [1.82, 2.24) is 35.1 Å². The molecule has 1 aromatic rings. The number of fused-ring (bicyclic) bond motifs is 1. The number of aliphatic imine (C=N–C) groups is 1. The van der Waals surface area contributed by atoms with Crippen molar-refractivity contribution in [3.8, 4) is 11.8 Å². The highest BCUT2D eigenvalue weighted by atomic mass is 16.5. The minimum absolute atomic E-state index is 0.00622. The van der Waals surface area contributed by atoms with E-state index in [1.54, 1.807) is 38.0 Å². The number of carboxylic acid groups (broad SMARTS) is 1. The molecule has 0 aromatic heterocycles. The number of nitrogens with zero attached hydrogens (tertiary/aromatic N) is 6. The minimum atomic E-state index is -0.959. The largest absolute Gasteiger partial charge is 0.465 e. The molecule has 5 amide bonds. The topological polar surface area (TPSA) is 177 Å². The van der Waals surface area contributed by atoms with Crippen LogP contribution in [0.25, 0.3) is 0 Å². The van der Waals surface area contributed by atoms with Gasteiger partial charge in [0.2, 0.25) is 23.6 Å². The number of carbonyl (C=O) groups excluding carboxylic acids is 4. The summed E-state index contributed by atoms with van der Waals surface area (Å²) in [4.78, 5) is 82.8. The molecule has 3 aliphatic rings. The van der Waals surface area contributed by atoms with Gasteiger partial charge < -0.3 is 49.7 Å². The van der Waals surface area contributed by atoms with Crippen LogP contribution in [-0.2, 0) is 35.1 Å². The molecule has 1 aromatic carbocycles. The van der Waals surface area contributed by atoms with E-state index in [0.29, 0.717) is 56.2 Å². The fraction of sp³-hybridized carbons (Fsp3) is 0.731. The molecule has 16 nitrogen and oxygen atoms in total. The van der Waals surface area contributed by atoms with E-state index in [1.165, 1.54) is 4.90 Å². The number of amides is 5. The van der Waals surface area contributed by atoms with Gasteiger partial charge >= 0.3 is 6.09 Å². The first kappa shape index (κ1) is 55.7. The number of ether oxygens (including phenoxy) is 2. The van der Waals surface area contributed by atoms with Gasteiger partial charge in [-0.05, 0) is 67.3 Å². The lowest BCUT2D eigenvalue weighted by Crippen LogP contribution is -2.55. The molecule has 2 fully saturated rings. The van der Waals surface area contributed by atoms with Crippen LogP contribution in [0.3, 0.4) is 0 Å². The Morgan fingerprint density at radius 2 is 1.53 bits per heavy atom. The first-order valence-corrected chi connectivity index (χ1v) is 25.0. The summed E-state index contributed by atoms with van der Waals surface area (Å²) in [5, 5.41) is 16.0. The number of carbonyl (C=O) groups is 5. The fourth-order valence-electron chi connectivity index (χ4n) is 10.6. The zero-order valence-electron chi connectivity index (χ0n) is 43.2. The van der Waals surface area contributed by atoms with Crippen molar-refractivity contribution < 1.29 is 38.6 Å². The molecule has 16 heteroatoms. The summed E-state index contributed by atoms with van der Waals surface area (Å²) in [6, 6.07) is 7.06. The highest BCUT2D eigenvalue weighted by molar-refractivity contribution is 5.89. The predicted octanol–water partition coefficient (Wildman–Crippen LogP) is 5.06. The van der Waals surface area contributed by atoms with Crippen LogP contribution in [0.4, 0.5) is 4.79 Å². The maximum absolute atomic E-state index is 14.5. The molecular weight excluding hydrogens is 865 g/mol. The Hall–Kier alpha value is -4.88. The molecule has 1 saturated heterocycles. The lowest BCUT2D eigenvalue weighted by Gasteiger charge is -2.40. The van der Waals surface area contributed by atoms with Crippen LogP contribution in [0, 0.1) is 47.3 Å². The number of nitrogens with one attached hydrogen (secondary N) is 2. The molecule has 1 saturated carbocycles. The zero-order valence-corrected chi connectivity index (χ0v) is 43.2. The first-order valence-electron chi connectivity index (χ1n) is 25.0. The monoisotopic (exact) mass is 949 g/mol. The standard InChI is InChI=1S/C52H84N8O8/c1-13-35(4)46(58(10)50(64)45(34(2)3)55-51(56(6)7)57(8)9)43(67-11)32-44(61)60-30-21-27-42(60)47(68-12)36(5)48(62)54-41(31-37-23-17-16-18-24-37)49(63)53-28-22-29-59(52(65)66)33-40-38-25-19-14-15-20-26-39(38)40/h16-18,23-24,34-36,38-43,45-47H,13,19-22,25-33H2,1-12H3,(H,53,63)(H,54,62)(H,65,66)/t35-,36+,38-,39+,40?,41-,42-,43+,45-,46-,47+/m0/s1. The van der Waals surface area contributed by atoms with E-state index in [4.69, 9.17) is 14.5 Å². The lowest BCUT2D eigenvalue weighted by atomic mass is 9.89. The Labute approximate surface area is 407 Å². The molecule has 3 N–H and O–H groups in total. The van der Waals surface area contributed by atoms with Gasteiger partial charge in [-0.15, -0.1) is 11.8 Å². The number of likely N-dealkylation sites (tertiary alicyclic amines) is 1. The number of benzene rings is 1. The van der Waals surface area contributed by atoms with Gasteiger partial charge in [-0.2, -0.15) is 0 Å². The number of guanidine groups is 1. The molecular formula is C52H84N8O8. The van der Waals surface area contributed by atoms with E-state index in [-0.39, 0.29) is 54.9 Å². The van der Waals surface area contributed by atoms with Crippen LogP contribution < -0.4 is 10.6 Å². The van der Waals surface area contributed by atoms with E-state index < -0.39 is 48.4 Å². The van der Waals surface area contributed by atoms with Crippen LogP contribution in [0.1, 0.15) is 98.0 Å². The average Bonchev–Trinajstić information content (AvgIpc) is 3.66. The number of likely N-dealkylation sites (N-methyl/N-ethyl adjacent to an activating group) is 1. The summed E-state index contributed by atoms with van der Waals surface area (Å²) >= 11 is 0. The quantitative estimate of drug-likeness (QED) is 0.0550. The van der Waals surface area contributed by atoms with Crippen molar-refractivity contribution in [2.24, 2.45) is 40.5 Å². The van der Waals surface area contributed by atoms with Crippen LogP contribution in [-0.4, -0.2) is 177 Å². The number of hydrogen-bond donors (Lipinski definition) is 3. The maximum atomic E-state index is 14.5. The predicted molar refractivity (Wildman–Crippen MR) is 266 cm³/mol. The van der Waals surface area contributed by atoms with Gasteiger partial charge in [-0.1, -0.05) is 71.4 Å². The van der Waals surface area contributed by atoms with E-state index in [2.05, 4.69) is 36.3 Å². The van der Waals surface area contributed by atoms with E-state index in [9.17, 15) is 29.1 Å². The zero-order chi connectivity index (χ0) is 50.2. The van der Waals surface area contributed by atoms with Crippen LogP contribution in [0.15, 0.2) is 35.3 Å². The Balaban J connectivity index is 1.43. The van der Waals surface area contributed by atoms with Crippen LogP contribution in [0.5, 0.6) is 0 Å². The van der Waals surface area contributed by atoms with Gasteiger partial charge in [-0.25, -0.2) is 9.79 Å². The summed E-state index contributed by atoms with van der Waals surface area (Å²) in [5.41, 5.74) is 0.867. The van der Waals surface area contributed by atoms with Crippen LogP contribution in [0.2, 0.25) is 0 Å². The Morgan fingerprint density at radius 3 is 2.07 bits per heavy atom. The summed E-state index contributed by atoms with van der Waals surface area (Å²) in [6.07, 6.45) is 4.30. The van der Waals surface area contributed by atoms with E-state index in [1.807, 2.05) is 82.2 Å². The Morgan fingerprint density at radius 1 is 0.897 bits per heavy atom. The number of methoxy groups -OCH3 is 2. The van der Waals surface area contributed by atoms with Crippen molar-refractivity contribution in [2.45, 2.75) is 135 Å². The molecule has 11 atom stereocenters. The van der Waals surface area contributed by atoms with Crippen molar-refractivity contribution in [1.29, 1.82) is 0 Å². The van der Waals surface area contributed by atoms with Gasteiger partial charge in [0, 0.05) is 94.9 Å². The smallest absolute Gasteiger partial charge is 0.407 e. The van der Waals surface area contributed by atoms with Gasteiger partial charge in [0.15, 0.2) is 5.96 Å². The molecule has 0 radical (unpaired) electrons. The molecule has 380 valence electrons. The highest BCUT2D eigenvalue weighted by Crippen LogP contribution is 2.52. The first-order chi connectivity index (χ1) is 32.4. The third kappa shape index (κ3) is 15.1. The summed E-state index contributed by atoms with van der Waals surface area (Å²) in [7, 11) is 12.5. The second kappa shape index (κ2) is 26.8. The Kier molecular flexibility index (Phi) is 21.9. The van der Waals surface area contributed by atoms with Gasteiger partial charge in [-0.3, -0.25) is 19.2 Å². The molecule has 0 bridgehead atoms. The summed E-state index contributed by atoms with van der Waals surface area (Å²) in [6.45, 7) is 11.4. The molecule has 4 rings (SSSR count). The van der Waals surface area contributed by atoms with Gasteiger partial charge in [0.05, 0.1) is 36.6 Å². The lowest BCUT2D eigenvalue weighted by molar-refractivity contribution is -0.146. The Bertz CT molecular complexity index is 1870. The second-order valence-corrected chi connectivity index (χ2v) is 20.0. The summed E-state index contributed by atoms with van der Waals surface area (Å²) in [5.74, 6) is 6.63. The van der Waals surface area contributed by atoms with Crippen LogP contribution >= 0.6 is 0 Å². The minimum Gasteiger partial charge on any atom is -0.465 e. The number of rotatable bonds is 24. The molecule has 1 aliphatic heterocycles. The normalized spacial score (nSPS) is 21.7. The van der Waals surface area contributed by atoms with Crippen molar-refractivity contribution in [3.05, 3.63) is 35.9 Å². The maximum Gasteiger partial charge on any atom is 0.407 e. The molecule has 1 heterocycles. The van der Waals surface area contributed by atoms with E-state index in [0.717, 1.165) is 44.1 Å². The SMILES string of the molecule is CC[C@H](C)[C@@H]([C@@H](CC(=O)N1CCC[C@H]1[C@H](OC)[C@@H](C)C(=O)N[C@@H](Cc1ccccc1)C(=O)NCCCN(CC1[C@H]2CCC#CCC[C@@H]12)C(=O)O)OC)N(C)C(=O)[C@@H](N=C(N(C)C)N(C)C)C(C)C.